The van der Waals surface area contributed by atoms with Gasteiger partial charge in [-0.2, -0.15) is 8.78 Å². The lowest BCUT2D eigenvalue weighted by Gasteiger charge is -2.17. The first-order valence-corrected chi connectivity index (χ1v) is 9.87. The molecule has 0 bridgehead atoms. The topological polar surface area (TPSA) is 73.3 Å². The first kappa shape index (κ1) is 27.5. The van der Waals surface area contributed by atoms with Crippen LogP contribution in [0.1, 0.15) is 18.1 Å². The van der Waals surface area contributed by atoms with Crippen LogP contribution in [0.15, 0.2) is 41.4 Å². The number of nitrogens with zero attached hydrogens (tertiary/aromatic N) is 1. The molecule has 2 aromatic carbocycles. The molecule has 178 valence electrons. The zero-order valence-electron chi connectivity index (χ0n) is 18.6. The average Bonchev–Trinajstić information content (AvgIpc) is 2.77. The Morgan fingerprint density at radius 3 is 2.44 bits per heavy atom. The summed E-state index contributed by atoms with van der Waals surface area (Å²) in [6, 6.07) is 10.6. The molecule has 0 heterocycles. The van der Waals surface area contributed by atoms with Crippen LogP contribution in [-0.2, 0) is 13.0 Å². The molecule has 0 radical (unpaired) electrons. The van der Waals surface area contributed by atoms with Crippen LogP contribution in [0.2, 0.25) is 0 Å². The monoisotopic (exact) mass is 565 g/mol. The van der Waals surface area contributed by atoms with E-state index < -0.39 is 6.61 Å². The van der Waals surface area contributed by atoms with E-state index in [-0.39, 0.29) is 42.0 Å². The summed E-state index contributed by atoms with van der Waals surface area (Å²) in [7, 11) is 4.87. The smallest absolute Gasteiger partial charge is 0.387 e. The van der Waals surface area contributed by atoms with Gasteiger partial charge in [0.2, 0.25) is 0 Å². The molecule has 0 aliphatic rings. The molecule has 0 atom stereocenters. The van der Waals surface area contributed by atoms with E-state index in [1.54, 1.807) is 46.4 Å². The molecule has 0 aromatic heterocycles. The lowest BCUT2D eigenvalue weighted by molar-refractivity contribution is -0.0520. The minimum atomic E-state index is -2.95. The van der Waals surface area contributed by atoms with Crippen molar-refractivity contribution >= 4 is 29.9 Å². The molecule has 32 heavy (non-hydrogen) atoms. The summed E-state index contributed by atoms with van der Waals surface area (Å²) in [6.07, 6.45) is 0.667. The lowest BCUT2D eigenvalue weighted by Crippen LogP contribution is -2.38. The number of nitrogens with one attached hydrogen (secondary N) is 2. The van der Waals surface area contributed by atoms with Crippen molar-refractivity contribution in [2.45, 2.75) is 26.5 Å². The molecular weight excluding hydrogens is 535 g/mol. The van der Waals surface area contributed by atoms with Gasteiger partial charge in [-0.1, -0.05) is 12.1 Å². The van der Waals surface area contributed by atoms with E-state index in [2.05, 4.69) is 15.6 Å². The fraction of sp³-hybridized carbons (Fsp3) is 0.409. The van der Waals surface area contributed by atoms with Crippen molar-refractivity contribution in [2.75, 3.05) is 34.4 Å². The second-order valence-electron chi connectivity index (χ2n) is 6.34. The Morgan fingerprint density at radius 1 is 1.03 bits per heavy atom. The molecule has 0 aliphatic heterocycles. The number of halogens is 3. The normalized spacial score (nSPS) is 10.9. The summed E-state index contributed by atoms with van der Waals surface area (Å²) >= 11 is 0. The predicted octanol–water partition coefficient (Wildman–Crippen LogP) is 4.23. The van der Waals surface area contributed by atoms with Crippen molar-refractivity contribution in [1.82, 2.24) is 10.6 Å². The number of guanidine groups is 1. The van der Waals surface area contributed by atoms with Crippen molar-refractivity contribution < 1.29 is 27.7 Å². The summed E-state index contributed by atoms with van der Waals surface area (Å²) in [4.78, 5) is 4.18. The number of alkyl halides is 2. The van der Waals surface area contributed by atoms with Crippen LogP contribution in [0.25, 0.3) is 0 Å². The third-order valence-corrected chi connectivity index (χ3v) is 4.41. The Bertz CT molecular complexity index is 869. The van der Waals surface area contributed by atoms with Gasteiger partial charge in [0.15, 0.2) is 17.5 Å². The first-order chi connectivity index (χ1) is 15.0. The van der Waals surface area contributed by atoms with E-state index in [4.69, 9.17) is 18.9 Å². The number of benzene rings is 2. The summed E-state index contributed by atoms with van der Waals surface area (Å²) in [6.45, 7) is -0.0305. The van der Waals surface area contributed by atoms with Crippen LogP contribution < -0.4 is 29.6 Å². The maximum Gasteiger partial charge on any atom is 0.387 e. The van der Waals surface area contributed by atoms with Gasteiger partial charge in [0, 0.05) is 25.7 Å². The Hall–Kier alpha value is -2.50. The fourth-order valence-corrected chi connectivity index (χ4v) is 2.98. The highest BCUT2D eigenvalue weighted by molar-refractivity contribution is 14.0. The van der Waals surface area contributed by atoms with Crippen molar-refractivity contribution in [3.05, 3.63) is 47.5 Å². The van der Waals surface area contributed by atoms with E-state index in [0.29, 0.717) is 31.1 Å². The second kappa shape index (κ2) is 14.5. The molecule has 0 unspecified atom stereocenters. The average molecular weight is 565 g/mol. The molecule has 0 aliphatic carbocycles. The molecule has 2 N–H and O–H groups in total. The molecule has 7 nitrogen and oxygen atoms in total. The number of ether oxygens (including phenoxy) is 4. The van der Waals surface area contributed by atoms with Crippen LogP contribution in [0.5, 0.6) is 23.0 Å². The van der Waals surface area contributed by atoms with Crippen LogP contribution in [0.3, 0.4) is 0 Å². The van der Waals surface area contributed by atoms with Gasteiger partial charge in [-0.3, -0.25) is 4.99 Å². The van der Waals surface area contributed by atoms with E-state index >= 15 is 0 Å². The Morgan fingerprint density at radius 2 is 1.81 bits per heavy atom. The Labute approximate surface area is 204 Å². The van der Waals surface area contributed by atoms with Crippen molar-refractivity contribution in [3.8, 4) is 23.0 Å². The van der Waals surface area contributed by atoms with Gasteiger partial charge in [0.1, 0.15) is 11.5 Å². The first-order valence-electron chi connectivity index (χ1n) is 9.87. The third kappa shape index (κ3) is 8.21. The van der Waals surface area contributed by atoms with Gasteiger partial charge in [0.05, 0.1) is 20.8 Å². The molecule has 10 heteroatoms. The SMILES string of the molecule is CCOc1cccc(CNC(=NC)NCCc2cc(OC)ccc2OC)c1OC(F)F.I. The highest BCUT2D eigenvalue weighted by Crippen LogP contribution is 2.32. The van der Waals surface area contributed by atoms with Crippen LogP contribution in [-0.4, -0.2) is 47.0 Å². The summed E-state index contributed by atoms with van der Waals surface area (Å²) in [5, 5.41) is 6.31. The van der Waals surface area contributed by atoms with Crippen molar-refractivity contribution in [2.24, 2.45) is 4.99 Å². The minimum absolute atomic E-state index is 0. The van der Waals surface area contributed by atoms with Crippen molar-refractivity contribution in [3.63, 3.8) is 0 Å². The Balaban J connectivity index is 0.00000512. The lowest BCUT2D eigenvalue weighted by atomic mass is 10.1. The zero-order valence-corrected chi connectivity index (χ0v) is 20.9. The molecular formula is C22H30F2IN3O4. The summed E-state index contributed by atoms with van der Waals surface area (Å²) in [5.74, 6) is 2.33. The van der Waals surface area contributed by atoms with Gasteiger partial charge in [-0.15, -0.1) is 24.0 Å². The molecule has 0 saturated carbocycles. The van der Waals surface area contributed by atoms with E-state index in [9.17, 15) is 8.78 Å². The van der Waals surface area contributed by atoms with E-state index in [1.807, 2.05) is 18.2 Å². The number of rotatable bonds is 11. The standard InChI is InChI=1S/C22H29F2N3O4.HI/c1-5-30-19-8-6-7-16(20(19)31-21(23)24)14-27-22(25-2)26-12-11-15-13-17(28-3)9-10-18(15)29-4;/h6-10,13,21H,5,11-12,14H2,1-4H3,(H2,25,26,27);1H. The molecule has 0 fully saturated rings. The van der Waals surface area contributed by atoms with Crippen LogP contribution in [0.4, 0.5) is 8.78 Å². The van der Waals surface area contributed by atoms with Crippen LogP contribution in [0, 0.1) is 0 Å². The largest absolute Gasteiger partial charge is 0.497 e. The highest BCUT2D eigenvalue weighted by atomic mass is 127. The second-order valence-corrected chi connectivity index (χ2v) is 6.34. The van der Waals surface area contributed by atoms with Gasteiger partial charge in [-0.25, -0.2) is 0 Å². The fourth-order valence-electron chi connectivity index (χ4n) is 2.98. The number of methoxy groups -OCH3 is 2. The van der Waals surface area contributed by atoms with Gasteiger partial charge >= 0.3 is 6.61 Å². The summed E-state index contributed by atoms with van der Waals surface area (Å²) in [5.41, 5.74) is 1.52. The number of aliphatic imine (C=N–C) groups is 1. The highest BCUT2D eigenvalue weighted by Gasteiger charge is 2.16. The molecule has 2 rings (SSSR count). The molecule has 0 spiro atoms. The zero-order chi connectivity index (χ0) is 22.6. The van der Waals surface area contributed by atoms with Crippen LogP contribution >= 0.6 is 24.0 Å². The maximum atomic E-state index is 12.9. The quantitative estimate of drug-likeness (QED) is 0.242. The molecule has 2 aromatic rings. The van der Waals surface area contributed by atoms with Gasteiger partial charge in [-0.05, 0) is 43.2 Å². The van der Waals surface area contributed by atoms with Gasteiger partial charge < -0.3 is 29.6 Å². The predicted molar refractivity (Wildman–Crippen MR) is 131 cm³/mol. The minimum Gasteiger partial charge on any atom is -0.497 e. The Kier molecular flexibility index (Phi) is 12.5. The van der Waals surface area contributed by atoms with Crippen molar-refractivity contribution in [1.29, 1.82) is 0 Å². The number of hydrogen-bond acceptors (Lipinski definition) is 5. The van der Waals surface area contributed by atoms with Gasteiger partial charge in [0.25, 0.3) is 0 Å². The number of hydrogen-bond donors (Lipinski definition) is 2. The molecule has 0 amide bonds. The van der Waals surface area contributed by atoms with E-state index in [1.165, 1.54) is 0 Å². The van der Waals surface area contributed by atoms with E-state index in [0.717, 1.165) is 17.1 Å². The summed E-state index contributed by atoms with van der Waals surface area (Å²) < 4.78 is 46.5. The molecule has 0 saturated heterocycles. The maximum absolute atomic E-state index is 12.9. The number of para-hydroxylation sites is 1. The third-order valence-electron chi connectivity index (χ3n) is 4.41.